The van der Waals surface area contributed by atoms with Gasteiger partial charge in [-0.25, -0.2) is 4.98 Å². The second-order valence-corrected chi connectivity index (χ2v) is 4.91. The van der Waals surface area contributed by atoms with Crippen LogP contribution in [0.25, 0.3) is 0 Å². The molecule has 3 nitrogen and oxygen atoms in total. The molecule has 3 N–H and O–H groups in total. The van der Waals surface area contributed by atoms with Gasteiger partial charge in [-0.1, -0.05) is 30.7 Å². The minimum absolute atomic E-state index is 0.540. The smallest absolute Gasteiger partial charge is 0.126 e. The van der Waals surface area contributed by atoms with Crippen LogP contribution in [0.2, 0.25) is 0 Å². The van der Waals surface area contributed by atoms with Crippen LogP contribution in [-0.2, 0) is 6.54 Å². The molecule has 0 spiro atoms. The van der Waals surface area contributed by atoms with E-state index in [1.165, 1.54) is 11.1 Å². The predicted molar refractivity (Wildman–Crippen MR) is 76.2 cm³/mol. The molecule has 1 atom stereocenters. The molecule has 0 saturated heterocycles. The topological polar surface area (TPSA) is 50.9 Å². The lowest BCUT2D eigenvalue weighted by Gasteiger charge is -2.17. The first-order valence-electron chi connectivity index (χ1n) is 6.45. The molecule has 2 rings (SSSR count). The molecule has 0 fully saturated rings. The largest absolute Gasteiger partial charge is 0.366 e. The van der Waals surface area contributed by atoms with E-state index in [9.17, 15) is 0 Å². The molecule has 1 aliphatic carbocycles. The summed E-state index contributed by atoms with van der Waals surface area (Å²) >= 11 is 0. The molecule has 0 aromatic carbocycles. The predicted octanol–water partition coefficient (Wildman–Crippen LogP) is 2.86. The summed E-state index contributed by atoms with van der Waals surface area (Å²) in [6.45, 7) is 5.84. The van der Waals surface area contributed by atoms with Gasteiger partial charge in [0.2, 0.25) is 0 Å². The van der Waals surface area contributed by atoms with Crippen LogP contribution in [-0.4, -0.2) is 11.5 Å². The number of rotatable bonds is 4. The lowest BCUT2D eigenvalue weighted by molar-refractivity contribution is 0.680. The van der Waals surface area contributed by atoms with Crippen molar-refractivity contribution in [2.45, 2.75) is 26.8 Å². The summed E-state index contributed by atoms with van der Waals surface area (Å²) in [5.74, 6) is 1.58. The first kappa shape index (κ1) is 12.8. The molecule has 1 heterocycles. The van der Waals surface area contributed by atoms with Crippen LogP contribution >= 0.6 is 0 Å². The number of pyridine rings is 1. The van der Waals surface area contributed by atoms with E-state index >= 15 is 0 Å². The Hall–Kier alpha value is -1.61. The van der Waals surface area contributed by atoms with Crippen molar-refractivity contribution in [1.29, 1.82) is 0 Å². The average molecular weight is 243 g/mol. The first-order chi connectivity index (χ1) is 8.69. The van der Waals surface area contributed by atoms with E-state index in [-0.39, 0.29) is 0 Å². The van der Waals surface area contributed by atoms with Gasteiger partial charge in [-0.15, -0.1) is 0 Å². The molecule has 1 unspecified atom stereocenters. The van der Waals surface area contributed by atoms with Crippen molar-refractivity contribution in [3.05, 3.63) is 47.2 Å². The summed E-state index contributed by atoms with van der Waals surface area (Å²) in [7, 11) is 0. The number of allylic oxidation sites excluding steroid dienone is 2. The number of hydrogen-bond acceptors (Lipinski definition) is 3. The van der Waals surface area contributed by atoms with E-state index in [2.05, 4.69) is 36.3 Å². The van der Waals surface area contributed by atoms with Crippen LogP contribution in [0.4, 0.5) is 5.82 Å². The van der Waals surface area contributed by atoms with E-state index in [0.29, 0.717) is 12.5 Å². The standard InChI is InChI=1S/C15H21N3/c1-11-3-4-13(7-12(11)2)9-17-15-6-5-14(8-16)10-18-15/h4-7,10-11H,3,8-9,16H2,1-2H3,(H,17,18). The summed E-state index contributed by atoms with van der Waals surface area (Å²) in [5.41, 5.74) is 9.40. The highest BCUT2D eigenvalue weighted by molar-refractivity contribution is 5.40. The lowest BCUT2D eigenvalue weighted by Crippen LogP contribution is -2.09. The van der Waals surface area contributed by atoms with Crippen molar-refractivity contribution >= 4 is 5.82 Å². The summed E-state index contributed by atoms with van der Waals surface area (Å²) in [6.07, 6.45) is 7.54. The molecule has 1 aliphatic rings. The molecule has 0 saturated carbocycles. The maximum absolute atomic E-state index is 5.54. The van der Waals surface area contributed by atoms with Gasteiger partial charge in [0.25, 0.3) is 0 Å². The van der Waals surface area contributed by atoms with E-state index < -0.39 is 0 Å². The lowest BCUT2D eigenvalue weighted by atomic mass is 9.91. The van der Waals surface area contributed by atoms with Crippen molar-refractivity contribution < 1.29 is 0 Å². The van der Waals surface area contributed by atoms with Gasteiger partial charge in [0, 0.05) is 19.3 Å². The Bertz CT molecular complexity index is 457. The molecular weight excluding hydrogens is 222 g/mol. The van der Waals surface area contributed by atoms with Gasteiger partial charge in [0.15, 0.2) is 0 Å². The fourth-order valence-corrected chi connectivity index (χ4v) is 1.97. The molecule has 0 radical (unpaired) electrons. The summed E-state index contributed by atoms with van der Waals surface area (Å²) in [5, 5.41) is 3.34. The fraction of sp³-hybridized carbons (Fsp3) is 0.400. The Balaban J connectivity index is 1.92. The number of nitrogens with one attached hydrogen (secondary N) is 1. The Morgan fingerprint density at radius 1 is 1.44 bits per heavy atom. The molecule has 3 heteroatoms. The minimum atomic E-state index is 0.540. The number of hydrogen-bond donors (Lipinski definition) is 2. The number of nitrogens with zero attached hydrogens (tertiary/aromatic N) is 1. The van der Waals surface area contributed by atoms with Crippen LogP contribution in [0.1, 0.15) is 25.8 Å². The van der Waals surface area contributed by atoms with Gasteiger partial charge in [-0.2, -0.15) is 0 Å². The highest BCUT2D eigenvalue weighted by Gasteiger charge is 2.09. The second-order valence-electron chi connectivity index (χ2n) is 4.91. The van der Waals surface area contributed by atoms with Crippen LogP contribution < -0.4 is 11.1 Å². The zero-order chi connectivity index (χ0) is 13.0. The van der Waals surface area contributed by atoms with Gasteiger partial charge >= 0.3 is 0 Å². The Morgan fingerprint density at radius 2 is 2.28 bits per heavy atom. The molecule has 1 aromatic heterocycles. The number of nitrogens with two attached hydrogens (primary N) is 1. The molecule has 0 amide bonds. The van der Waals surface area contributed by atoms with Gasteiger partial charge in [-0.05, 0) is 36.5 Å². The zero-order valence-electron chi connectivity index (χ0n) is 11.1. The highest BCUT2D eigenvalue weighted by atomic mass is 15.0. The molecule has 0 bridgehead atoms. The molecule has 96 valence electrons. The highest BCUT2D eigenvalue weighted by Crippen LogP contribution is 2.22. The number of aromatic nitrogens is 1. The quantitative estimate of drug-likeness (QED) is 0.855. The van der Waals surface area contributed by atoms with Crippen molar-refractivity contribution in [3.8, 4) is 0 Å². The van der Waals surface area contributed by atoms with Crippen molar-refractivity contribution in [2.24, 2.45) is 11.7 Å². The third kappa shape index (κ3) is 3.20. The molecule has 1 aromatic rings. The third-order valence-electron chi connectivity index (χ3n) is 3.46. The molecular formula is C15H21N3. The minimum Gasteiger partial charge on any atom is -0.366 e. The van der Waals surface area contributed by atoms with E-state index in [4.69, 9.17) is 5.73 Å². The maximum Gasteiger partial charge on any atom is 0.126 e. The van der Waals surface area contributed by atoms with Gasteiger partial charge in [0.1, 0.15) is 5.82 Å². The van der Waals surface area contributed by atoms with Crippen LogP contribution in [0.5, 0.6) is 0 Å². The van der Waals surface area contributed by atoms with Crippen LogP contribution in [0, 0.1) is 5.92 Å². The van der Waals surface area contributed by atoms with E-state index in [1.54, 1.807) is 0 Å². The van der Waals surface area contributed by atoms with E-state index in [1.807, 2.05) is 18.3 Å². The van der Waals surface area contributed by atoms with Gasteiger partial charge in [0.05, 0.1) is 0 Å². The molecule has 0 aliphatic heterocycles. The van der Waals surface area contributed by atoms with Gasteiger partial charge < -0.3 is 11.1 Å². The summed E-state index contributed by atoms with van der Waals surface area (Å²) < 4.78 is 0. The zero-order valence-corrected chi connectivity index (χ0v) is 11.1. The monoisotopic (exact) mass is 243 g/mol. The van der Waals surface area contributed by atoms with Crippen LogP contribution in [0.3, 0.4) is 0 Å². The SMILES string of the molecule is CC1=CC(CNc2ccc(CN)cn2)=CCC1C. The Labute approximate surface area is 109 Å². The van der Waals surface area contributed by atoms with Crippen molar-refractivity contribution in [1.82, 2.24) is 4.98 Å². The van der Waals surface area contributed by atoms with Crippen molar-refractivity contribution in [2.75, 3.05) is 11.9 Å². The average Bonchev–Trinajstić information content (AvgIpc) is 2.41. The van der Waals surface area contributed by atoms with Crippen molar-refractivity contribution in [3.63, 3.8) is 0 Å². The maximum atomic E-state index is 5.54. The summed E-state index contributed by atoms with van der Waals surface area (Å²) in [4.78, 5) is 4.33. The van der Waals surface area contributed by atoms with Gasteiger partial charge in [-0.3, -0.25) is 0 Å². The summed E-state index contributed by atoms with van der Waals surface area (Å²) in [6, 6.07) is 3.98. The third-order valence-corrected chi connectivity index (χ3v) is 3.46. The van der Waals surface area contributed by atoms with E-state index in [0.717, 1.165) is 24.3 Å². The first-order valence-corrected chi connectivity index (χ1v) is 6.45. The fourth-order valence-electron chi connectivity index (χ4n) is 1.97. The number of anilines is 1. The van der Waals surface area contributed by atoms with Crippen LogP contribution in [0.15, 0.2) is 41.6 Å². The Kier molecular flexibility index (Phi) is 4.15. The second kappa shape index (κ2) is 5.83. The molecule has 18 heavy (non-hydrogen) atoms. The normalized spacial score (nSPS) is 19.2. The Morgan fingerprint density at radius 3 is 2.89 bits per heavy atom.